The average molecular weight is 1150 g/mol. The van der Waals surface area contributed by atoms with Gasteiger partial charge in [-0.05, 0) is 79.4 Å². The Labute approximate surface area is 439 Å². The molecule has 0 unspecified atom stereocenters. The monoisotopic (exact) mass is 1150 g/mol. The molecule has 4 heterocycles. The molecule has 0 amide bonds. The second kappa shape index (κ2) is 21.9. The van der Waals surface area contributed by atoms with E-state index in [9.17, 15) is 44.3 Å². The number of hydrogen-bond donors (Lipinski definition) is 1. The molecule has 0 radical (unpaired) electrons. The van der Waals surface area contributed by atoms with E-state index in [-0.39, 0.29) is 138 Å². The van der Waals surface area contributed by atoms with Gasteiger partial charge in [0.25, 0.3) is 11.2 Å². The minimum absolute atomic E-state index is 0. The number of hydrogen-bond acceptors (Lipinski definition) is 11. The number of oxime groups is 2. The van der Waals surface area contributed by atoms with Crippen LogP contribution >= 0.6 is 69.6 Å². The summed E-state index contributed by atoms with van der Waals surface area (Å²) in [5, 5.41) is 7.67. The lowest BCUT2D eigenvalue weighted by atomic mass is 9.86. The van der Waals surface area contributed by atoms with E-state index in [4.69, 9.17) is 89.0 Å². The van der Waals surface area contributed by atoms with Crippen LogP contribution in [0.2, 0.25) is 30.1 Å². The second-order valence-electron chi connectivity index (χ2n) is 17.6. The molecule has 4 aliphatic heterocycles. The number of rotatable bonds is 13. The summed E-state index contributed by atoms with van der Waals surface area (Å²) in [6.07, 6.45) is -8.93. The van der Waals surface area contributed by atoms with E-state index in [0.717, 1.165) is 41.6 Å². The first-order valence-electron chi connectivity index (χ1n) is 21.6. The fourth-order valence-corrected chi connectivity index (χ4v) is 11.7. The van der Waals surface area contributed by atoms with Crippen LogP contribution in [0.1, 0.15) is 88.9 Å². The first-order valence-corrected chi connectivity index (χ1v) is 25.4. The van der Waals surface area contributed by atoms with Gasteiger partial charge in [-0.25, -0.2) is 13.9 Å². The molecule has 388 valence electrons. The molecule has 0 aromatic heterocycles. The van der Waals surface area contributed by atoms with Gasteiger partial charge in [0.15, 0.2) is 11.6 Å². The number of benzene rings is 4. The highest BCUT2D eigenvalue weighted by molar-refractivity contribution is 7.88. The molecule has 4 aromatic rings. The summed E-state index contributed by atoms with van der Waals surface area (Å²) >= 11 is 36.4. The van der Waals surface area contributed by atoms with Gasteiger partial charge in [-0.2, -0.15) is 26.3 Å². The van der Waals surface area contributed by atoms with E-state index in [0.29, 0.717) is 18.7 Å². The summed E-state index contributed by atoms with van der Waals surface area (Å²) in [5.41, 5.74) is -2.37. The highest BCUT2D eigenvalue weighted by Gasteiger charge is 2.63. The Hall–Kier alpha value is -3.73. The largest absolute Gasteiger partial charge is 0.435 e. The minimum atomic E-state index is -4.85. The quantitative estimate of drug-likeness (QED) is 0.102. The molecule has 1 N–H and O–H groups in total. The molecule has 3 fully saturated rings. The van der Waals surface area contributed by atoms with Gasteiger partial charge in [0.1, 0.15) is 0 Å². The minimum Gasteiger partial charge on any atom is -0.374 e. The average Bonchev–Trinajstić information content (AvgIpc) is 3.79. The van der Waals surface area contributed by atoms with Crippen molar-refractivity contribution < 1.29 is 63.7 Å². The van der Waals surface area contributed by atoms with Gasteiger partial charge in [0.2, 0.25) is 10.0 Å². The van der Waals surface area contributed by atoms with E-state index in [1.165, 1.54) is 48.5 Å². The van der Waals surface area contributed by atoms with Crippen LogP contribution in [-0.2, 0) is 40.6 Å². The standard InChI is InChI=1S/C25H22Cl3F3N2O5S.C21H16Cl3F3N2O3.CH4/c26-18-7-17(8-19(27)9-18)24(25(29,30)31)10-22(32-38-24)16-3-4-20(21(28)6-16)23(34)5-15-11-33(37-12-15)39(35,36)13-14-1-2-14;22-14-5-13(6-15(23)7-14)20(21(25,26)27)8-18(29-32-20)12-1-2-16(17(24)4-12)19(30)3-11-9-28-31-10-11;/h3-4,6-9,14-15H,1-2,5,10-13H2;1-2,4-7,11,28H,3,8-10H2;1H4/t15-,24+;11-,20+;/m11./s1. The predicted molar refractivity (Wildman–Crippen MR) is 261 cm³/mol. The van der Waals surface area contributed by atoms with Crippen molar-refractivity contribution in [3.05, 3.63) is 136 Å². The van der Waals surface area contributed by atoms with Crippen molar-refractivity contribution in [2.24, 2.45) is 28.1 Å². The van der Waals surface area contributed by atoms with Gasteiger partial charge in [-0.1, -0.05) is 104 Å². The third-order valence-electron chi connectivity index (χ3n) is 12.3. The summed E-state index contributed by atoms with van der Waals surface area (Å²) in [6, 6.07) is 15.8. The van der Waals surface area contributed by atoms with Gasteiger partial charge in [-0.3, -0.25) is 14.4 Å². The number of carbonyl (C=O) groups excluding carboxylic acids is 2. The van der Waals surface area contributed by atoms with Crippen molar-refractivity contribution in [1.29, 1.82) is 0 Å². The van der Waals surface area contributed by atoms with Crippen LogP contribution in [0.25, 0.3) is 0 Å². The van der Waals surface area contributed by atoms with Crippen LogP contribution < -0.4 is 5.48 Å². The third kappa shape index (κ3) is 12.2. The SMILES string of the molecule is C.O=C(C[C@@H]1CNOC1)c1ccc(C2=NO[C@@](c3cc(Cl)cc(Cl)c3)(C(F)(F)F)C2)cc1Cl.O=C(C[C@H]1CON(S(=O)(=O)CC2CC2)C1)c1ccc(C2=NO[C@@](c3cc(Cl)cc(Cl)c3)(C(F)(F)F)C2)cc1Cl. The third-order valence-corrected chi connectivity index (χ3v) is 15.6. The first kappa shape index (κ1) is 56.0. The molecule has 2 saturated heterocycles. The topological polar surface area (TPSA) is 145 Å². The molecule has 1 saturated carbocycles. The molecular formula is C47H42Cl6F6N4O8S. The Balaban J connectivity index is 0.000000212. The van der Waals surface area contributed by atoms with Crippen LogP contribution in [0.4, 0.5) is 26.3 Å². The molecular weight excluding hydrogens is 1110 g/mol. The zero-order valence-corrected chi connectivity index (χ0v) is 41.8. The number of halogens is 12. The highest BCUT2D eigenvalue weighted by Crippen LogP contribution is 2.51. The maximum absolute atomic E-state index is 14.3. The Morgan fingerprint density at radius 3 is 1.49 bits per heavy atom. The molecule has 1 aliphatic carbocycles. The number of Topliss-reactive ketones (excluding diaryl/α,β-unsaturated/α-hetero) is 2. The second-order valence-corrected chi connectivity index (χ2v) is 22.1. The molecule has 72 heavy (non-hydrogen) atoms. The van der Waals surface area contributed by atoms with Crippen molar-refractivity contribution >= 4 is 103 Å². The molecule has 5 aliphatic rings. The Kier molecular flexibility index (Phi) is 17.0. The maximum atomic E-state index is 14.3. The van der Waals surface area contributed by atoms with Crippen molar-refractivity contribution in [2.75, 3.05) is 32.1 Å². The lowest BCUT2D eigenvalue weighted by Crippen LogP contribution is -2.42. The molecule has 4 atom stereocenters. The summed E-state index contributed by atoms with van der Waals surface area (Å²) in [5.74, 6) is -0.647. The normalized spacial score (nSPS) is 23.3. The fourth-order valence-electron chi connectivity index (χ4n) is 8.31. The number of sulfonamides is 1. The molecule has 0 bridgehead atoms. The zero-order chi connectivity index (χ0) is 51.3. The van der Waals surface area contributed by atoms with Crippen LogP contribution in [-0.4, -0.2) is 80.3 Å². The molecule has 0 spiro atoms. The van der Waals surface area contributed by atoms with Gasteiger partial charge in [0, 0.05) is 104 Å². The lowest BCUT2D eigenvalue weighted by molar-refractivity contribution is -0.276. The molecule has 9 rings (SSSR count). The van der Waals surface area contributed by atoms with Crippen molar-refractivity contribution in [3.8, 4) is 0 Å². The molecule has 25 heteroatoms. The smallest absolute Gasteiger partial charge is 0.374 e. The zero-order valence-electron chi connectivity index (χ0n) is 36.5. The predicted octanol–water partition coefficient (Wildman–Crippen LogP) is 13.0. The number of carbonyl (C=O) groups is 2. The Morgan fingerprint density at radius 2 is 1.10 bits per heavy atom. The van der Waals surface area contributed by atoms with Crippen molar-refractivity contribution in [2.45, 2.75) is 69.5 Å². The summed E-state index contributed by atoms with van der Waals surface area (Å²) in [7, 11) is -3.54. The van der Waals surface area contributed by atoms with Gasteiger partial charge in [-0.15, -0.1) is 0 Å². The van der Waals surface area contributed by atoms with E-state index in [2.05, 4.69) is 15.8 Å². The maximum Gasteiger partial charge on any atom is 0.435 e. The van der Waals surface area contributed by atoms with Crippen LogP contribution in [0, 0.1) is 17.8 Å². The van der Waals surface area contributed by atoms with Crippen LogP contribution in [0.3, 0.4) is 0 Å². The summed E-state index contributed by atoms with van der Waals surface area (Å²) < 4.78 is 111. The number of alkyl halides is 6. The molecule has 12 nitrogen and oxygen atoms in total. The van der Waals surface area contributed by atoms with Gasteiger partial charge >= 0.3 is 12.4 Å². The van der Waals surface area contributed by atoms with Crippen molar-refractivity contribution in [3.63, 3.8) is 0 Å². The number of nitrogens with one attached hydrogen (secondary N) is 1. The van der Waals surface area contributed by atoms with Crippen LogP contribution in [0.15, 0.2) is 83.1 Å². The summed E-state index contributed by atoms with van der Waals surface area (Å²) in [6.45, 7) is 1.12. The van der Waals surface area contributed by atoms with E-state index in [1.807, 2.05) is 0 Å². The van der Waals surface area contributed by atoms with Gasteiger partial charge in [0.05, 0.1) is 40.4 Å². The lowest BCUT2D eigenvalue weighted by Gasteiger charge is -2.29. The number of nitrogens with zero attached hydrogens (tertiary/aromatic N) is 3. The molecule has 4 aromatic carbocycles. The fraction of sp³-hybridized carbons (Fsp3) is 0.404. The Morgan fingerprint density at radius 1 is 0.653 bits per heavy atom. The van der Waals surface area contributed by atoms with Crippen LogP contribution in [0.5, 0.6) is 0 Å². The number of hydroxylamine groups is 2. The van der Waals surface area contributed by atoms with E-state index in [1.54, 1.807) is 0 Å². The Bertz CT molecular complexity index is 2880. The van der Waals surface area contributed by atoms with Gasteiger partial charge < -0.3 is 14.5 Å². The van der Waals surface area contributed by atoms with E-state index < -0.39 is 46.4 Å². The number of ketones is 2. The first-order chi connectivity index (χ1) is 33.4. The van der Waals surface area contributed by atoms with E-state index >= 15 is 0 Å². The summed E-state index contributed by atoms with van der Waals surface area (Å²) in [4.78, 5) is 45.9. The highest BCUT2D eigenvalue weighted by atomic mass is 35.5. The van der Waals surface area contributed by atoms with Crippen molar-refractivity contribution in [1.82, 2.24) is 9.95 Å².